The molecule has 1 heterocycles. The smallest absolute Gasteiger partial charge is 0.479 e. The van der Waals surface area contributed by atoms with Gasteiger partial charge in [-0.2, -0.15) is 0 Å². The first-order chi connectivity index (χ1) is 8.98. The van der Waals surface area contributed by atoms with Crippen molar-refractivity contribution in [2.24, 2.45) is 0 Å². The highest BCUT2D eigenvalue weighted by Gasteiger charge is 2.53. The van der Waals surface area contributed by atoms with Crippen LogP contribution in [0.3, 0.4) is 0 Å². The number of carboxylic acid groups (broad SMARTS) is 1. The fraction of sp³-hybridized carbons (Fsp3) is 0.769. The molecule has 0 saturated carbocycles. The Balaban J connectivity index is 2.72. The second-order valence-corrected chi connectivity index (χ2v) is 6.06. The van der Waals surface area contributed by atoms with Crippen molar-refractivity contribution in [1.82, 2.24) is 0 Å². The lowest BCUT2D eigenvalue weighted by molar-refractivity contribution is -0.142. The van der Waals surface area contributed by atoms with Crippen LogP contribution in [0.2, 0.25) is 0 Å². The highest BCUT2D eigenvalue weighted by molar-refractivity contribution is 6.53. The predicted molar refractivity (Wildman–Crippen MR) is 71.7 cm³/mol. The molecule has 1 atom stereocenters. The zero-order chi connectivity index (χ0) is 15.7. The van der Waals surface area contributed by atoms with Crippen molar-refractivity contribution >= 4 is 13.1 Å². The van der Waals surface area contributed by atoms with Gasteiger partial charge in [-0.3, -0.25) is 0 Å². The summed E-state index contributed by atoms with van der Waals surface area (Å²) in [6.45, 7) is 8.69. The van der Waals surface area contributed by atoms with Crippen LogP contribution in [0.1, 0.15) is 47.5 Å². The Morgan fingerprint density at radius 3 is 2.10 bits per heavy atom. The van der Waals surface area contributed by atoms with Gasteiger partial charge in [0.25, 0.3) is 0 Å². The first kappa shape index (κ1) is 17.1. The van der Waals surface area contributed by atoms with Gasteiger partial charge in [0.1, 0.15) is 5.73 Å². The van der Waals surface area contributed by atoms with Gasteiger partial charge in [0.2, 0.25) is 0 Å². The SMILES string of the molecule is CC(CCC(F)C(=O)O)=C(F)B1OC(C)(C)C(C)(C)O1. The molecule has 0 spiro atoms. The van der Waals surface area contributed by atoms with E-state index in [9.17, 15) is 13.6 Å². The maximum absolute atomic E-state index is 14.2. The van der Waals surface area contributed by atoms with Crippen molar-refractivity contribution in [2.45, 2.75) is 64.8 Å². The molecule has 0 amide bonds. The van der Waals surface area contributed by atoms with Gasteiger partial charge in [0.15, 0.2) is 6.17 Å². The molecule has 0 aromatic heterocycles. The maximum atomic E-state index is 14.2. The summed E-state index contributed by atoms with van der Waals surface area (Å²) in [5.74, 6) is -1.53. The second kappa shape index (κ2) is 5.81. The molecule has 1 aliphatic heterocycles. The van der Waals surface area contributed by atoms with Gasteiger partial charge >= 0.3 is 13.1 Å². The van der Waals surface area contributed by atoms with E-state index in [0.29, 0.717) is 0 Å². The minimum Gasteiger partial charge on any atom is -0.479 e. The molecule has 1 saturated heterocycles. The van der Waals surface area contributed by atoms with Crippen LogP contribution in [-0.2, 0) is 14.1 Å². The third kappa shape index (κ3) is 3.58. The highest BCUT2D eigenvalue weighted by atomic mass is 19.1. The first-order valence-corrected chi connectivity index (χ1v) is 6.55. The highest BCUT2D eigenvalue weighted by Crippen LogP contribution is 2.39. The van der Waals surface area contributed by atoms with Crippen molar-refractivity contribution in [1.29, 1.82) is 0 Å². The summed E-state index contributed by atoms with van der Waals surface area (Å²) in [6.07, 6.45) is -2.26. The molecule has 1 aliphatic rings. The van der Waals surface area contributed by atoms with Crippen molar-refractivity contribution in [3.63, 3.8) is 0 Å². The fourth-order valence-corrected chi connectivity index (χ4v) is 1.73. The van der Waals surface area contributed by atoms with E-state index < -0.39 is 36.2 Å². The number of carboxylic acids is 1. The van der Waals surface area contributed by atoms with Crippen LogP contribution >= 0.6 is 0 Å². The molecule has 0 aromatic carbocycles. The Hall–Kier alpha value is -0.945. The van der Waals surface area contributed by atoms with Gasteiger partial charge in [-0.25, -0.2) is 13.6 Å². The molecular formula is C13H21BF2O4. The third-order valence-electron chi connectivity index (χ3n) is 3.91. The normalized spacial score (nSPS) is 23.4. The van der Waals surface area contributed by atoms with E-state index in [-0.39, 0.29) is 18.4 Å². The van der Waals surface area contributed by atoms with Gasteiger partial charge in [-0.05, 0) is 53.0 Å². The molecule has 0 bridgehead atoms. The molecule has 7 heteroatoms. The number of halogens is 2. The van der Waals surface area contributed by atoms with Crippen LogP contribution in [0.15, 0.2) is 11.3 Å². The minimum atomic E-state index is -1.99. The largest absolute Gasteiger partial charge is 0.525 e. The Morgan fingerprint density at radius 1 is 1.25 bits per heavy atom. The molecule has 1 N–H and O–H groups in total. The molecule has 1 rings (SSSR count). The second-order valence-electron chi connectivity index (χ2n) is 6.06. The van der Waals surface area contributed by atoms with Crippen molar-refractivity contribution in [3.05, 3.63) is 11.3 Å². The standard InChI is InChI=1S/C13H21BF2O4/c1-8(6-7-9(15)11(17)18)10(16)14-19-12(2,3)13(4,5)20-14/h9H,6-7H2,1-5H3,(H,17,18). The summed E-state index contributed by atoms with van der Waals surface area (Å²) in [5.41, 5.74) is -1.67. The quantitative estimate of drug-likeness (QED) is 0.791. The molecule has 0 aliphatic carbocycles. The number of hydrogen-bond donors (Lipinski definition) is 1. The lowest BCUT2D eigenvalue weighted by Gasteiger charge is -2.32. The molecule has 4 nitrogen and oxygen atoms in total. The molecule has 20 heavy (non-hydrogen) atoms. The van der Waals surface area contributed by atoms with Crippen LogP contribution in [0.5, 0.6) is 0 Å². The van der Waals surface area contributed by atoms with E-state index in [1.165, 1.54) is 6.92 Å². The Labute approximate surface area is 118 Å². The van der Waals surface area contributed by atoms with Crippen LogP contribution in [0.4, 0.5) is 8.78 Å². The van der Waals surface area contributed by atoms with E-state index in [1.54, 1.807) is 27.7 Å². The number of hydrogen-bond acceptors (Lipinski definition) is 3. The van der Waals surface area contributed by atoms with Crippen molar-refractivity contribution in [3.8, 4) is 0 Å². The van der Waals surface area contributed by atoms with Crippen LogP contribution in [0, 0.1) is 0 Å². The topological polar surface area (TPSA) is 55.8 Å². The summed E-state index contributed by atoms with van der Waals surface area (Å²) >= 11 is 0. The monoisotopic (exact) mass is 290 g/mol. The number of aliphatic carboxylic acids is 1. The lowest BCUT2D eigenvalue weighted by Crippen LogP contribution is -2.41. The van der Waals surface area contributed by atoms with Crippen molar-refractivity contribution < 1.29 is 28.0 Å². The number of allylic oxidation sites excluding steroid dienone is 1. The summed E-state index contributed by atoms with van der Waals surface area (Å²) < 4.78 is 38.2. The van der Waals surface area contributed by atoms with Gasteiger partial charge in [-0.15, -0.1) is 0 Å². The molecular weight excluding hydrogens is 269 g/mol. The van der Waals surface area contributed by atoms with Crippen LogP contribution < -0.4 is 0 Å². The minimum absolute atomic E-state index is 0.00335. The molecule has 0 aromatic rings. The van der Waals surface area contributed by atoms with E-state index in [1.807, 2.05) is 0 Å². The lowest BCUT2D eigenvalue weighted by atomic mass is 9.84. The maximum Gasteiger partial charge on any atom is 0.525 e. The number of rotatable bonds is 5. The fourth-order valence-electron chi connectivity index (χ4n) is 1.73. The van der Waals surface area contributed by atoms with E-state index >= 15 is 0 Å². The van der Waals surface area contributed by atoms with Crippen LogP contribution in [0.25, 0.3) is 0 Å². The van der Waals surface area contributed by atoms with Crippen LogP contribution in [-0.4, -0.2) is 35.6 Å². The molecule has 1 unspecified atom stereocenters. The Morgan fingerprint density at radius 2 is 1.70 bits per heavy atom. The Bertz CT molecular complexity index is 405. The van der Waals surface area contributed by atoms with E-state index in [4.69, 9.17) is 14.4 Å². The van der Waals surface area contributed by atoms with E-state index in [0.717, 1.165) is 0 Å². The zero-order valence-electron chi connectivity index (χ0n) is 12.5. The number of carbonyl (C=O) groups is 1. The van der Waals surface area contributed by atoms with Gasteiger partial charge < -0.3 is 14.4 Å². The molecule has 1 fully saturated rings. The van der Waals surface area contributed by atoms with E-state index in [2.05, 4.69) is 0 Å². The Kier molecular flexibility index (Phi) is 4.97. The van der Waals surface area contributed by atoms with Gasteiger partial charge in [0.05, 0.1) is 11.2 Å². The molecule has 0 radical (unpaired) electrons. The number of alkyl halides is 1. The average Bonchev–Trinajstić information content (AvgIpc) is 2.53. The average molecular weight is 290 g/mol. The summed E-state index contributed by atoms with van der Waals surface area (Å²) in [5, 5.41) is 8.45. The summed E-state index contributed by atoms with van der Waals surface area (Å²) in [4.78, 5) is 10.4. The summed E-state index contributed by atoms with van der Waals surface area (Å²) in [7, 11) is -1.12. The van der Waals surface area contributed by atoms with Crippen molar-refractivity contribution in [2.75, 3.05) is 0 Å². The van der Waals surface area contributed by atoms with Gasteiger partial charge in [0, 0.05) is 0 Å². The summed E-state index contributed by atoms with van der Waals surface area (Å²) in [6, 6.07) is 0. The zero-order valence-corrected chi connectivity index (χ0v) is 12.5. The first-order valence-electron chi connectivity index (χ1n) is 6.55. The van der Waals surface area contributed by atoms with Gasteiger partial charge in [-0.1, -0.05) is 0 Å². The predicted octanol–water partition coefficient (Wildman–Crippen LogP) is 3.06. The third-order valence-corrected chi connectivity index (χ3v) is 3.91. The molecule has 114 valence electrons.